The third-order valence-corrected chi connectivity index (χ3v) is 6.64. The van der Waals surface area contributed by atoms with E-state index < -0.39 is 6.04 Å². The van der Waals surface area contributed by atoms with Crippen molar-refractivity contribution in [2.24, 2.45) is 17.8 Å². The van der Waals surface area contributed by atoms with Crippen molar-refractivity contribution in [3.63, 3.8) is 0 Å². The summed E-state index contributed by atoms with van der Waals surface area (Å²) in [6.07, 6.45) is 5.53. The maximum atomic E-state index is 13.1. The molecule has 6 nitrogen and oxygen atoms in total. The fourth-order valence-electron chi connectivity index (χ4n) is 4.19. The second-order valence-electron chi connectivity index (χ2n) is 8.14. The van der Waals surface area contributed by atoms with E-state index in [-0.39, 0.29) is 42.0 Å². The molecular formula is C22H25N3O3S. The van der Waals surface area contributed by atoms with Gasteiger partial charge in [0.25, 0.3) is 0 Å². The molecule has 2 aromatic rings. The molecule has 29 heavy (non-hydrogen) atoms. The van der Waals surface area contributed by atoms with Crippen LogP contribution in [0.2, 0.25) is 0 Å². The maximum absolute atomic E-state index is 13.1. The minimum absolute atomic E-state index is 0.176. The van der Waals surface area contributed by atoms with Gasteiger partial charge in [-0.25, -0.2) is 4.98 Å². The van der Waals surface area contributed by atoms with Crippen molar-refractivity contribution in [3.05, 3.63) is 41.4 Å². The number of likely N-dealkylation sites (tertiary alicyclic amines) is 1. The molecule has 1 aliphatic heterocycles. The Bertz CT molecular complexity index is 922. The average Bonchev–Trinajstić information content (AvgIpc) is 3.23. The number of benzene rings is 1. The highest BCUT2D eigenvalue weighted by molar-refractivity contribution is 7.18. The van der Waals surface area contributed by atoms with E-state index in [0.29, 0.717) is 19.3 Å². The smallest absolute Gasteiger partial charge is 0.243 e. The second-order valence-corrected chi connectivity index (χ2v) is 9.26. The van der Waals surface area contributed by atoms with Gasteiger partial charge in [-0.1, -0.05) is 38.1 Å². The predicted molar refractivity (Wildman–Crippen MR) is 112 cm³/mol. The number of nitrogens with one attached hydrogen (secondary N) is 1. The van der Waals surface area contributed by atoms with E-state index >= 15 is 0 Å². The number of aromatic nitrogens is 1. The molecule has 0 radical (unpaired) electrons. The lowest BCUT2D eigenvalue weighted by atomic mass is 9.85. The van der Waals surface area contributed by atoms with Crippen molar-refractivity contribution in [1.29, 1.82) is 0 Å². The first kappa shape index (κ1) is 19.8. The molecule has 2 aliphatic rings. The van der Waals surface area contributed by atoms with Crippen molar-refractivity contribution in [2.75, 3.05) is 0 Å². The van der Waals surface area contributed by atoms with Gasteiger partial charge >= 0.3 is 0 Å². The van der Waals surface area contributed by atoms with Crippen LogP contribution in [0.3, 0.4) is 0 Å². The molecule has 2 heterocycles. The Kier molecular flexibility index (Phi) is 5.50. The molecule has 3 amide bonds. The van der Waals surface area contributed by atoms with Crippen molar-refractivity contribution < 1.29 is 14.4 Å². The van der Waals surface area contributed by atoms with Crippen LogP contribution in [-0.2, 0) is 20.9 Å². The first-order chi connectivity index (χ1) is 14.0. The molecular weight excluding hydrogens is 386 g/mol. The zero-order valence-corrected chi connectivity index (χ0v) is 17.4. The van der Waals surface area contributed by atoms with Crippen molar-refractivity contribution in [2.45, 2.75) is 45.7 Å². The van der Waals surface area contributed by atoms with E-state index in [4.69, 9.17) is 0 Å². The highest BCUT2D eigenvalue weighted by atomic mass is 32.1. The van der Waals surface area contributed by atoms with Crippen LogP contribution < -0.4 is 5.32 Å². The number of para-hydroxylation sites is 1. The zero-order valence-electron chi connectivity index (χ0n) is 16.6. The van der Waals surface area contributed by atoms with E-state index in [1.165, 1.54) is 16.2 Å². The average molecular weight is 412 g/mol. The van der Waals surface area contributed by atoms with Crippen LogP contribution in [0.25, 0.3) is 10.2 Å². The molecule has 3 atom stereocenters. The van der Waals surface area contributed by atoms with Crippen molar-refractivity contribution in [3.8, 4) is 0 Å². The summed E-state index contributed by atoms with van der Waals surface area (Å²) in [5.74, 6) is -1.16. The lowest BCUT2D eigenvalue weighted by Gasteiger charge is -2.27. The molecule has 152 valence electrons. The van der Waals surface area contributed by atoms with Crippen LogP contribution in [-0.4, -0.2) is 33.6 Å². The van der Waals surface area contributed by atoms with Crippen molar-refractivity contribution in [1.82, 2.24) is 15.2 Å². The van der Waals surface area contributed by atoms with Crippen LogP contribution in [0.15, 0.2) is 36.4 Å². The Balaban J connectivity index is 1.50. The van der Waals surface area contributed by atoms with Crippen LogP contribution >= 0.6 is 11.3 Å². The Labute approximate surface area is 174 Å². The summed E-state index contributed by atoms with van der Waals surface area (Å²) in [5.41, 5.74) is 0.905. The van der Waals surface area contributed by atoms with Gasteiger partial charge in [0.15, 0.2) is 0 Å². The van der Waals surface area contributed by atoms with Gasteiger partial charge in [-0.05, 0) is 37.3 Å². The lowest BCUT2D eigenvalue weighted by molar-refractivity contribution is -0.148. The molecule has 1 fully saturated rings. The Morgan fingerprint density at radius 3 is 2.45 bits per heavy atom. The van der Waals surface area contributed by atoms with Gasteiger partial charge in [0.2, 0.25) is 17.7 Å². The van der Waals surface area contributed by atoms with Gasteiger partial charge in [-0.2, -0.15) is 0 Å². The minimum atomic E-state index is -0.769. The van der Waals surface area contributed by atoms with Crippen molar-refractivity contribution >= 4 is 39.3 Å². The number of nitrogens with zero attached hydrogens (tertiary/aromatic N) is 2. The SMILES string of the molecule is CC(C)CC(C(=O)NCc1nc2ccccc2s1)N1C(=O)C2CC=CCC2C1=O. The molecule has 1 saturated heterocycles. The maximum Gasteiger partial charge on any atom is 0.243 e. The molecule has 0 bridgehead atoms. The van der Waals surface area contributed by atoms with E-state index in [0.717, 1.165) is 15.2 Å². The van der Waals surface area contributed by atoms with Gasteiger partial charge < -0.3 is 5.32 Å². The third-order valence-electron chi connectivity index (χ3n) is 5.60. The number of hydrogen-bond acceptors (Lipinski definition) is 5. The normalized spacial score (nSPS) is 22.4. The summed E-state index contributed by atoms with van der Waals surface area (Å²) >= 11 is 1.53. The van der Waals surface area contributed by atoms with Gasteiger partial charge in [0, 0.05) is 0 Å². The number of fused-ring (bicyclic) bond motifs is 2. The van der Waals surface area contributed by atoms with E-state index in [1.54, 1.807) is 0 Å². The molecule has 1 aromatic heterocycles. The number of hydrogen-bond donors (Lipinski definition) is 1. The summed E-state index contributed by atoms with van der Waals surface area (Å²) in [6.45, 7) is 4.28. The number of thiazole rings is 1. The Morgan fingerprint density at radius 1 is 1.17 bits per heavy atom. The van der Waals surface area contributed by atoms with Crippen LogP contribution in [0.5, 0.6) is 0 Å². The largest absolute Gasteiger partial charge is 0.348 e. The third kappa shape index (κ3) is 3.83. The number of imide groups is 1. The number of amides is 3. The van der Waals surface area contributed by atoms with Gasteiger partial charge in [0.05, 0.1) is 28.6 Å². The van der Waals surface area contributed by atoms with Gasteiger partial charge in [-0.15, -0.1) is 11.3 Å². The number of carbonyl (C=O) groups excluding carboxylic acids is 3. The molecule has 0 spiro atoms. The summed E-state index contributed by atoms with van der Waals surface area (Å²) in [6, 6.07) is 7.06. The summed E-state index contributed by atoms with van der Waals surface area (Å²) in [7, 11) is 0. The second kappa shape index (κ2) is 8.06. The Morgan fingerprint density at radius 2 is 1.83 bits per heavy atom. The van der Waals surface area contributed by atoms with Crippen LogP contribution in [0.1, 0.15) is 38.1 Å². The summed E-state index contributed by atoms with van der Waals surface area (Å²) < 4.78 is 1.07. The van der Waals surface area contributed by atoms with E-state index in [1.807, 2.05) is 50.3 Å². The minimum Gasteiger partial charge on any atom is -0.348 e. The lowest BCUT2D eigenvalue weighted by Crippen LogP contribution is -2.50. The van der Waals surface area contributed by atoms with Gasteiger partial charge in [0.1, 0.15) is 11.0 Å². The summed E-state index contributed by atoms with van der Waals surface area (Å²) in [4.78, 5) is 44.7. The summed E-state index contributed by atoms with van der Waals surface area (Å²) in [5, 5.41) is 3.72. The highest BCUT2D eigenvalue weighted by Gasteiger charge is 2.51. The molecule has 4 rings (SSSR count). The molecule has 1 aliphatic carbocycles. The predicted octanol–water partition coefficient (Wildman–Crippen LogP) is 3.28. The molecule has 7 heteroatoms. The first-order valence-electron chi connectivity index (χ1n) is 10.1. The number of carbonyl (C=O) groups is 3. The van der Waals surface area contributed by atoms with Crippen LogP contribution in [0.4, 0.5) is 0 Å². The van der Waals surface area contributed by atoms with E-state index in [2.05, 4.69) is 10.3 Å². The highest BCUT2D eigenvalue weighted by Crippen LogP contribution is 2.37. The molecule has 1 N–H and O–H groups in total. The molecule has 3 unspecified atom stereocenters. The van der Waals surface area contributed by atoms with Gasteiger partial charge in [-0.3, -0.25) is 19.3 Å². The van der Waals surface area contributed by atoms with Crippen LogP contribution in [0, 0.1) is 17.8 Å². The number of allylic oxidation sites excluding steroid dienone is 2. The molecule has 1 aromatic carbocycles. The topological polar surface area (TPSA) is 79.4 Å². The Hall–Kier alpha value is -2.54. The number of rotatable bonds is 6. The fraction of sp³-hybridized carbons (Fsp3) is 0.455. The zero-order chi connectivity index (χ0) is 20.5. The quantitative estimate of drug-likeness (QED) is 0.584. The monoisotopic (exact) mass is 411 g/mol. The first-order valence-corrected chi connectivity index (χ1v) is 10.9. The fourth-order valence-corrected chi connectivity index (χ4v) is 5.09. The van der Waals surface area contributed by atoms with E-state index in [9.17, 15) is 14.4 Å². The standard InChI is InChI=1S/C22H25N3O3S/c1-13(2)11-17(25-21(27)14-7-3-4-8-15(14)22(25)28)20(26)23-12-19-24-16-9-5-6-10-18(16)29-19/h3-6,9-10,13-15,17H,7-8,11-12H2,1-2H3,(H,23,26). The molecule has 0 saturated carbocycles.